The second-order valence-electron chi connectivity index (χ2n) is 6.54. The van der Waals surface area contributed by atoms with Gasteiger partial charge in [-0.2, -0.15) is 0 Å². The smallest absolute Gasteiger partial charge is 0.124 e. The zero-order valence-corrected chi connectivity index (χ0v) is 13.9. The Morgan fingerprint density at radius 3 is 2.06 bits per heavy atom. The summed E-state index contributed by atoms with van der Waals surface area (Å²) >= 11 is 0. The predicted octanol–water partition coefficient (Wildman–Crippen LogP) is -0.100. The first-order valence-corrected chi connectivity index (χ1v) is 5.72. The van der Waals surface area contributed by atoms with Gasteiger partial charge in [0.05, 0.1) is 21.1 Å². The van der Waals surface area contributed by atoms with Crippen molar-refractivity contribution < 1.29 is 33.6 Å². The predicted molar refractivity (Wildman–Crippen MR) is 68.5 cm³/mol. The minimum atomic E-state index is 0. The number of phenolic OH excluding ortho intramolecular Hbond substituents is 1. The van der Waals surface area contributed by atoms with E-state index in [2.05, 4.69) is 48.0 Å². The molecule has 0 aliphatic rings. The summed E-state index contributed by atoms with van der Waals surface area (Å²) in [6, 6.07) is 5.94. The van der Waals surface area contributed by atoms with Gasteiger partial charge in [0.2, 0.25) is 0 Å². The summed E-state index contributed by atoms with van der Waals surface area (Å²) in [6.07, 6.45) is 0. The van der Waals surface area contributed by atoms with Crippen LogP contribution < -0.4 is 24.0 Å². The molecular weight excluding hydrogens is 325 g/mol. The average molecular weight is 349 g/mol. The van der Waals surface area contributed by atoms with Gasteiger partial charge in [-0.15, -0.1) is 0 Å². The van der Waals surface area contributed by atoms with Crippen molar-refractivity contribution in [2.45, 2.75) is 32.7 Å². The maximum Gasteiger partial charge on any atom is 0.124 e. The fourth-order valence-electron chi connectivity index (χ4n) is 1.69. The van der Waals surface area contributed by atoms with E-state index in [1.807, 2.05) is 12.1 Å². The van der Waals surface area contributed by atoms with Gasteiger partial charge >= 0.3 is 0 Å². The van der Waals surface area contributed by atoms with Crippen LogP contribution >= 0.6 is 0 Å². The number of benzene rings is 1. The number of rotatable bonds is 2. The second kappa shape index (κ2) is 5.57. The minimum absolute atomic E-state index is 0. The molecule has 0 aromatic heterocycles. The van der Waals surface area contributed by atoms with E-state index < -0.39 is 0 Å². The third-order valence-electron chi connectivity index (χ3n) is 2.59. The Balaban J connectivity index is 0.00000256. The third-order valence-corrected chi connectivity index (χ3v) is 2.59. The quantitative estimate of drug-likeness (QED) is 0.584. The van der Waals surface area contributed by atoms with E-state index in [1.165, 1.54) is 5.56 Å². The average Bonchev–Trinajstić information content (AvgIpc) is 2.04. The standard InChI is InChI=1S/C14H23NO.HI/c1-14(2,3)12-7-8-13(16)11(9-12)10-15(4,5)6;/h7-9H,10H2,1-6H3;1H. The molecule has 0 fully saturated rings. The Morgan fingerprint density at radius 1 is 1.12 bits per heavy atom. The third kappa shape index (κ3) is 5.25. The highest BCUT2D eigenvalue weighted by Gasteiger charge is 2.18. The van der Waals surface area contributed by atoms with E-state index in [-0.39, 0.29) is 29.4 Å². The van der Waals surface area contributed by atoms with Crippen LogP contribution in [0, 0.1) is 0 Å². The SMILES string of the molecule is CC(C)(C)c1ccc(O)c(C[N+](C)(C)C)c1.[I-]. The number of phenols is 1. The largest absolute Gasteiger partial charge is 1.00 e. The fraction of sp³-hybridized carbons (Fsp3) is 0.571. The van der Waals surface area contributed by atoms with Gasteiger partial charge in [-0.3, -0.25) is 0 Å². The van der Waals surface area contributed by atoms with Crippen LogP contribution in [0.15, 0.2) is 18.2 Å². The van der Waals surface area contributed by atoms with Crippen LogP contribution in [0.1, 0.15) is 31.9 Å². The van der Waals surface area contributed by atoms with Crippen LogP contribution in [0.5, 0.6) is 5.75 Å². The lowest BCUT2D eigenvalue weighted by atomic mass is 9.86. The van der Waals surface area contributed by atoms with Gasteiger partial charge in [-0.1, -0.05) is 26.8 Å². The number of aromatic hydroxyl groups is 1. The van der Waals surface area contributed by atoms with Crippen LogP contribution in [0.25, 0.3) is 0 Å². The summed E-state index contributed by atoms with van der Waals surface area (Å²) in [5.74, 6) is 0.404. The molecule has 0 heterocycles. The van der Waals surface area contributed by atoms with Crippen molar-refractivity contribution in [2.75, 3.05) is 21.1 Å². The number of hydrogen-bond donors (Lipinski definition) is 1. The molecule has 0 bridgehead atoms. The van der Waals surface area contributed by atoms with E-state index in [4.69, 9.17) is 0 Å². The lowest BCUT2D eigenvalue weighted by Crippen LogP contribution is -3.00. The first-order valence-electron chi connectivity index (χ1n) is 5.72. The molecule has 0 amide bonds. The Kier molecular flexibility index (Phi) is 5.47. The van der Waals surface area contributed by atoms with E-state index in [0.29, 0.717) is 5.75 Å². The van der Waals surface area contributed by atoms with Crippen molar-refractivity contribution in [1.29, 1.82) is 0 Å². The Labute approximate surface area is 122 Å². The van der Waals surface area contributed by atoms with Crippen LogP contribution in [-0.4, -0.2) is 30.7 Å². The van der Waals surface area contributed by atoms with Gasteiger partial charge in [-0.25, -0.2) is 0 Å². The van der Waals surface area contributed by atoms with Crippen LogP contribution in [0.2, 0.25) is 0 Å². The van der Waals surface area contributed by atoms with E-state index in [1.54, 1.807) is 0 Å². The number of quaternary nitrogens is 1. The van der Waals surface area contributed by atoms with E-state index in [0.717, 1.165) is 16.6 Å². The zero-order chi connectivity index (χ0) is 12.6. The topological polar surface area (TPSA) is 20.2 Å². The van der Waals surface area contributed by atoms with Gasteiger partial charge < -0.3 is 33.6 Å². The van der Waals surface area contributed by atoms with Crippen molar-refractivity contribution in [3.63, 3.8) is 0 Å². The van der Waals surface area contributed by atoms with Crippen molar-refractivity contribution in [1.82, 2.24) is 0 Å². The van der Waals surface area contributed by atoms with Gasteiger partial charge in [0.1, 0.15) is 12.3 Å². The molecule has 0 saturated carbocycles. The molecule has 0 radical (unpaired) electrons. The molecular formula is C14H24INO. The molecule has 98 valence electrons. The van der Waals surface area contributed by atoms with Crippen molar-refractivity contribution in [3.05, 3.63) is 29.3 Å². The molecule has 0 spiro atoms. The molecule has 0 unspecified atom stereocenters. The van der Waals surface area contributed by atoms with Gasteiger partial charge in [0, 0.05) is 5.56 Å². The lowest BCUT2D eigenvalue weighted by molar-refractivity contribution is -0.884. The Hall–Kier alpha value is -0.290. The highest BCUT2D eigenvalue weighted by atomic mass is 127. The maximum atomic E-state index is 9.85. The number of halogens is 1. The maximum absolute atomic E-state index is 9.85. The van der Waals surface area contributed by atoms with Crippen LogP contribution in [-0.2, 0) is 12.0 Å². The highest BCUT2D eigenvalue weighted by Crippen LogP contribution is 2.28. The molecule has 0 saturated heterocycles. The summed E-state index contributed by atoms with van der Waals surface area (Å²) in [4.78, 5) is 0. The Bertz CT molecular complexity index is 375. The van der Waals surface area contributed by atoms with E-state index >= 15 is 0 Å². The normalized spacial score (nSPS) is 12.1. The lowest BCUT2D eigenvalue weighted by Gasteiger charge is -2.26. The van der Waals surface area contributed by atoms with Gasteiger partial charge in [0.15, 0.2) is 0 Å². The molecule has 1 aromatic carbocycles. The van der Waals surface area contributed by atoms with Crippen LogP contribution in [0.4, 0.5) is 0 Å². The van der Waals surface area contributed by atoms with Gasteiger partial charge in [0.25, 0.3) is 0 Å². The molecule has 1 aromatic rings. The van der Waals surface area contributed by atoms with Gasteiger partial charge in [-0.05, 0) is 23.1 Å². The monoisotopic (exact) mass is 349 g/mol. The minimum Gasteiger partial charge on any atom is -1.00 e. The van der Waals surface area contributed by atoms with Crippen LogP contribution in [0.3, 0.4) is 0 Å². The molecule has 2 nitrogen and oxygen atoms in total. The zero-order valence-electron chi connectivity index (χ0n) is 11.7. The molecule has 3 heteroatoms. The number of hydrogen-bond acceptors (Lipinski definition) is 1. The Morgan fingerprint density at radius 2 is 1.65 bits per heavy atom. The van der Waals surface area contributed by atoms with Crippen molar-refractivity contribution in [2.24, 2.45) is 0 Å². The number of nitrogens with zero attached hydrogens (tertiary/aromatic N) is 1. The summed E-state index contributed by atoms with van der Waals surface area (Å²) in [7, 11) is 6.38. The molecule has 1 N–H and O–H groups in total. The fourth-order valence-corrected chi connectivity index (χ4v) is 1.69. The molecule has 0 aliphatic heterocycles. The molecule has 1 rings (SSSR count). The first-order chi connectivity index (χ1) is 7.09. The van der Waals surface area contributed by atoms with Crippen molar-refractivity contribution >= 4 is 0 Å². The summed E-state index contributed by atoms with van der Waals surface area (Å²) in [5.41, 5.74) is 2.43. The summed E-state index contributed by atoms with van der Waals surface area (Å²) < 4.78 is 0.821. The van der Waals surface area contributed by atoms with E-state index in [9.17, 15) is 5.11 Å². The highest BCUT2D eigenvalue weighted by molar-refractivity contribution is 5.38. The first kappa shape index (κ1) is 16.7. The molecule has 17 heavy (non-hydrogen) atoms. The molecule has 0 atom stereocenters. The van der Waals surface area contributed by atoms with Crippen molar-refractivity contribution in [3.8, 4) is 5.75 Å². The second-order valence-corrected chi connectivity index (χ2v) is 6.54. The summed E-state index contributed by atoms with van der Waals surface area (Å²) in [5, 5.41) is 9.85. The summed E-state index contributed by atoms with van der Waals surface area (Å²) in [6.45, 7) is 7.41. The molecule has 0 aliphatic carbocycles.